The molecule has 10 aromatic rings. The molecule has 0 nitrogen and oxygen atoms in total. The van der Waals surface area contributed by atoms with E-state index in [1.165, 1.54) is 98.0 Å². The van der Waals surface area contributed by atoms with Gasteiger partial charge in [-0.2, -0.15) is 12.1 Å². The van der Waals surface area contributed by atoms with Gasteiger partial charge in [-0.1, -0.05) is 162 Å². The fourth-order valence-electron chi connectivity index (χ4n) is 8.38. The second-order valence-electron chi connectivity index (χ2n) is 17.3. The van der Waals surface area contributed by atoms with Crippen LogP contribution in [0.15, 0.2) is 170 Å². The van der Waals surface area contributed by atoms with Crippen LogP contribution in [0.4, 0.5) is 0 Å². The van der Waals surface area contributed by atoms with Gasteiger partial charge in [0.2, 0.25) is 0 Å². The van der Waals surface area contributed by atoms with Crippen molar-refractivity contribution in [3.8, 4) is 22.3 Å². The average Bonchev–Trinajstić information content (AvgIpc) is 3.86. The number of rotatable bonds is 2. The van der Waals surface area contributed by atoms with Crippen LogP contribution in [0.5, 0.6) is 0 Å². The Kier molecular flexibility index (Phi) is 14.8. The SMILES string of the molecule is CC(C)(C)c1cc2c(-c3c4ccccc4cc4ccccc34)cccc2[cH-]1.CC(C)(C)c1cc2c(-c3c4ccccc4cc4ccccc34)cccc2[cH-]1.[CH2-]C[CH2-].[Cl-].[Cl-].[Hf]. The molecule has 0 fully saturated rings. The van der Waals surface area contributed by atoms with Gasteiger partial charge in [-0.15, -0.1) is 69.1 Å². The molecular formula is C57H52Cl2Hf-6. The molecule has 0 bridgehead atoms. The van der Waals surface area contributed by atoms with Gasteiger partial charge in [0, 0.05) is 25.8 Å². The topological polar surface area (TPSA) is 0 Å². The van der Waals surface area contributed by atoms with Crippen molar-refractivity contribution < 1.29 is 50.7 Å². The molecule has 0 saturated heterocycles. The van der Waals surface area contributed by atoms with Crippen molar-refractivity contribution in [2.24, 2.45) is 0 Å². The zero-order chi connectivity index (χ0) is 39.9. The minimum Gasteiger partial charge on any atom is -1.00 e. The van der Waals surface area contributed by atoms with Crippen molar-refractivity contribution in [3.63, 3.8) is 0 Å². The van der Waals surface area contributed by atoms with E-state index in [0.717, 1.165) is 6.42 Å². The Balaban J connectivity index is 0.000000204. The van der Waals surface area contributed by atoms with Crippen LogP contribution < -0.4 is 24.8 Å². The third kappa shape index (κ3) is 9.06. The number of fused-ring (bicyclic) bond motifs is 6. The minimum absolute atomic E-state index is 0. The first-order valence-corrected chi connectivity index (χ1v) is 20.3. The second-order valence-corrected chi connectivity index (χ2v) is 17.3. The molecule has 0 unspecified atom stereocenters. The maximum atomic E-state index is 3.38. The van der Waals surface area contributed by atoms with Crippen LogP contribution in [0.3, 0.4) is 0 Å². The number of hydrogen-bond donors (Lipinski definition) is 0. The first-order valence-electron chi connectivity index (χ1n) is 20.3. The molecular weight excluding hydrogens is 934 g/mol. The van der Waals surface area contributed by atoms with E-state index in [2.05, 4.69) is 225 Å². The molecule has 0 atom stereocenters. The standard InChI is InChI=1S/2C27H23.C3H6.2ClH.Hf/c2*1-27(2,3)21-16-20-11-8-14-24(25(20)17-21)26-22-12-6-4-9-18(22)15-19-10-5-7-13-23(19)26;1-3-2;;;/h2*4-17H,1-3H3;1-3H2;2*1H;/q2*-1;-2;;;/p-2. The Morgan fingerprint density at radius 1 is 0.383 bits per heavy atom. The molecule has 10 aromatic carbocycles. The van der Waals surface area contributed by atoms with Gasteiger partial charge in [-0.25, -0.2) is 0 Å². The van der Waals surface area contributed by atoms with E-state index in [4.69, 9.17) is 0 Å². The Hall–Kier alpha value is -4.53. The van der Waals surface area contributed by atoms with Gasteiger partial charge in [-0.05, 0) is 77.2 Å². The van der Waals surface area contributed by atoms with Crippen molar-refractivity contribution in [2.45, 2.75) is 58.8 Å². The van der Waals surface area contributed by atoms with Gasteiger partial charge in [0.15, 0.2) is 0 Å². The monoisotopic (exact) mass is 986 g/mol. The zero-order valence-electron chi connectivity index (χ0n) is 35.5. The van der Waals surface area contributed by atoms with Crippen LogP contribution in [0.25, 0.3) is 86.9 Å². The van der Waals surface area contributed by atoms with Crippen LogP contribution in [-0.2, 0) is 36.7 Å². The Labute approximate surface area is 388 Å². The van der Waals surface area contributed by atoms with Gasteiger partial charge in [-0.3, -0.25) is 0 Å². The minimum atomic E-state index is 0. The largest absolute Gasteiger partial charge is 1.00 e. The molecule has 0 saturated carbocycles. The van der Waals surface area contributed by atoms with Crippen LogP contribution in [0.2, 0.25) is 0 Å². The number of halogens is 2. The summed E-state index contributed by atoms with van der Waals surface area (Å²) in [5, 5.41) is 15.8. The third-order valence-electron chi connectivity index (χ3n) is 11.3. The Morgan fingerprint density at radius 2 is 0.667 bits per heavy atom. The molecule has 0 amide bonds. The smallest absolute Gasteiger partial charge is 0 e. The molecule has 0 aliphatic rings. The summed E-state index contributed by atoms with van der Waals surface area (Å²) in [5.41, 5.74) is 8.45. The first kappa shape index (κ1) is 46.5. The molecule has 0 heterocycles. The van der Waals surface area contributed by atoms with Crippen molar-refractivity contribution in [3.05, 3.63) is 195 Å². The molecule has 3 heteroatoms. The van der Waals surface area contributed by atoms with E-state index in [0.29, 0.717) is 0 Å². The fraction of sp³-hybridized carbons (Fsp3) is 0.158. The molecule has 304 valence electrons. The summed E-state index contributed by atoms with van der Waals surface area (Å²) in [6.07, 6.45) is 0.750. The summed E-state index contributed by atoms with van der Waals surface area (Å²) in [6, 6.07) is 62.5. The van der Waals surface area contributed by atoms with E-state index < -0.39 is 0 Å². The molecule has 0 radical (unpaired) electrons. The molecule has 0 N–H and O–H groups in total. The van der Waals surface area contributed by atoms with Crippen LogP contribution in [0.1, 0.15) is 59.1 Å². The van der Waals surface area contributed by atoms with Crippen LogP contribution in [0, 0.1) is 13.8 Å². The fourth-order valence-corrected chi connectivity index (χ4v) is 8.38. The Bertz CT molecular complexity index is 2720. The van der Waals surface area contributed by atoms with Gasteiger partial charge < -0.3 is 45.1 Å². The molecule has 0 aliphatic heterocycles. The van der Waals surface area contributed by atoms with Crippen molar-refractivity contribution in [1.29, 1.82) is 0 Å². The third-order valence-corrected chi connectivity index (χ3v) is 11.3. The van der Waals surface area contributed by atoms with Crippen LogP contribution >= 0.6 is 0 Å². The van der Waals surface area contributed by atoms with E-state index in [1.54, 1.807) is 0 Å². The summed E-state index contributed by atoms with van der Waals surface area (Å²) < 4.78 is 0. The second kappa shape index (κ2) is 19.0. The molecule has 60 heavy (non-hydrogen) atoms. The number of benzene rings is 8. The van der Waals surface area contributed by atoms with Crippen LogP contribution in [-0.4, -0.2) is 0 Å². The number of hydrogen-bond acceptors (Lipinski definition) is 0. The molecule has 0 aliphatic carbocycles. The molecule has 0 aromatic heterocycles. The Morgan fingerprint density at radius 3 is 0.950 bits per heavy atom. The molecule has 10 rings (SSSR count). The van der Waals surface area contributed by atoms with Gasteiger partial charge in [0.05, 0.1) is 0 Å². The van der Waals surface area contributed by atoms with E-state index in [-0.39, 0.29) is 61.5 Å². The van der Waals surface area contributed by atoms with Gasteiger partial charge >= 0.3 is 0 Å². The van der Waals surface area contributed by atoms with Crippen molar-refractivity contribution in [2.75, 3.05) is 0 Å². The van der Waals surface area contributed by atoms with Crippen molar-refractivity contribution in [1.82, 2.24) is 0 Å². The maximum absolute atomic E-state index is 3.38. The summed E-state index contributed by atoms with van der Waals surface area (Å²) in [6.45, 7) is 20.5. The predicted octanol–water partition coefficient (Wildman–Crippen LogP) is 10.7. The quantitative estimate of drug-likeness (QED) is 0.0920. The van der Waals surface area contributed by atoms with E-state index >= 15 is 0 Å². The van der Waals surface area contributed by atoms with Gasteiger partial charge in [0.1, 0.15) is 0 Å². The predicted molar refractivity (Wildman–Crippen MR) is 253 cm³/mol. The average molecular weight is 986 g/mol. The van der Waals surface area contributed by atoms with E-state index in [1.807, 2.05) is 0 Å². The van der Waals surface area contributed by atoms with E-state index in [9.17, 15) is 0 Å². The summed E-state index contributed by atoms with van der Waals surface area (Å²) in [4.78, 5) is 0. The summed E-state index contributed by atoms with van der Waals surface area (Å²) >= 11 is 0. The first-order chi connectivity index (χ1) is 27.5. The maximum Gasteiger partial charge on any atom is 0 e. The summed E-state index contributed by atoms with van der Waals surface area (Å²) in [5.74, 6) is 0. The normalized spacial score (nSPS) is 11.3. The van der Waals surface area contributed by atoms with Crippen molar-refractivity contribution >= 4 is 64.6 Å². The summed E-state index contributed by atoms with van der Waals surface area (Å²) in [7, 11) is 0. The zero-order valence-corrected chi connectivity index (χ0v) is 40.6. The van der Waals surface area contributed by atoms with Gasteiger partial charge in [0.25, 0.3) is 0 Å². The molecule has 0 spiro atoms.